The molecule has 10 aromatic carbocycles. The monoisotopic (exact) mass is 793 g/mol. The first-order valence-electron chi connectivity index (χ1n) is 20.6. The maximum Gasteiger partial charge on any atom is 0.164 e. The van der Waals surface area contributed by atoms with Crippen molar-refractivity contribution in [2.75, 3.05) is 0 Å². The summed E-state index contributed by atoms with van der Waals surface area (Å²) in [6.07, 6.45) is 0. The van der Waals surface area contributed by atoms with Crippen LogP contribution >= 0.6 is 11.3 Å². The summed E-state index contributed by atoms with van der Waals surface area (Å²) in [5, 5.41) is 9.97. The Kier molecular flexibility index (Phi) is 8.36. The summed E-state index contributed by atoms with van der Waals surface area (Å²) in [6.45, 7) is 0. The van der Waals surface area contributed by atoms with Gasteiger partial charge in [0.2, 0.25) is 0 Å². The van der Waals surface area contributed by atoms with Gasteiger partial charge in [0.25, 0.3) is 0 Å². The number of thiophene rings is 1. The quantitative estimate of drug-likeness (QED) is 0.124. The Morgan fingerprint density at radius 3 is 1.62 bits per heavy atom. The van der Waals surface area contributed by atoms with Crippen molar-refractivity contribution in [3.8, 4) is 67.5 Å². The molecule has 12 aromatic rings. The lowest BCUT2D eigenvalue weighted by Crippen LogP contribution is -2.02. The molecule has 0 saturated carbocycles. The average molecular weight is 794 g/mol. The average Bonchev–Trinajstić information content (AvgIpc) is 3.73. The molecule has 0 aliphatic rings. The summed E-state index contributed by atoms with van der Waals surface area (Å²) in [4.78, 5) is 15.9. The number of fused-ring (bicyclic) bond motifs is 7. The van der Waals surface area contributed by atoms with Crippen LogP contribution in [0.1, 0.15) is 0 Å². The molecule has 2 heterocycles. The predicted molar refractivity (Wildman–Crippen MR) is 258 cm³/mol. The van der Waals surface area contributed by atoms with E-state index in [0.717, 1.165) is 38.9 Å². The SMILES string of the molecule is c1ccc(-c2ccccc2-c2nc(-c3ccc(-c4c5ccccc5cc5c4ccc4ccccc45)cc3)nc(-c3ccccc3-c3cccc4c3sc3ccccc34)n2)cc1. The zero-order valence-electron chi connectivity index (χ0n) is 33.0. The van der Waals surface area contributed by atoms with Gasteiger partial charge in [0.15, 0.2) is 17.5 Å². The van der Waals surface area contributed by atoms with Gasteiger partial charge in [0, 0.05) is 42.4 Å². The first-order chi connectivity index (χ1) is 30.2. The Morgan fingerprint density at radius 2 is 0.836 bits per heavy atom. The van der Waals surface area contributed by atoms with E-state index in [9.17, 15) is 0 Å². The smallest absolute Gasteiger partial charge is 0.164 e. The normalized spacial score (nSPS) is 11.6. The molecule has 61 heavy (non-hydrogen) atoms. The van der Waals surface area contributed by atoms with Crippen molar-refractivity contribution in [3.05, 3.63) is 212 Å². The topological polar surface area (TPSA) is 38.7 Å². The van der Waals surface area contributed by atoms with Gasteiger partial charge in [-0.2, -0.15) is 0 Å². The zero-order valence-corrected chi connectivity index (χ0v) is 33.8. The molecule has 0 spiro atoms. The maximum absolute atomic E-state index is 5.33. The highest BCUT2D eigenvalue weighted by molar-refractivity contribution is 7.26. The van der Waals surface area contributed by atoms with Crippen LogP contribution in [0.4, 0.5) is 0 Å². The van der Waals surface area contributed by atoms with Crippen LogP contribution in [0.25, 0.3) is 120 Å². The summed E-state index contributed by atoms with van der Waals surface area (Å²) in [5.41, 5.74) is 9.64. The summed E-state index contributed by atoms with van der Waals surface area (Å²) >= 11 is 1.83. The molecule has 0 unspecified atom stereocenters. The van der Waals surface area contributed by atoms with Crippen LogP contribution < -0.4 is 0 Å². The summed E-state index contributed by atoms with van der Waals surface area (Å²) in [5.74, 6) is 1.89. The highest BCUT2D eigenvalue weighted by atomic mass is 32.1. The Balaban J connectivity index is 1.05. The van der Waals surface area contributed by atoms with Gasteiger partial charge in [-0.05, 0) is 72.3 Å². The van der Waals surface area contributed by atoms with Gasteiger partial charge in [-0.15, -0.1) is 11.3 Å². The Morgan fingerprint density at radius 1 is 0.279 bits per heavy atom. The molecular formula is C57H35N3S. The van der Waals surface area contributed by atoms with E-state index in [1.807, 2.05) is 17.4 Å². The van der Waals surface area contributed by atoms with Crippen LogP contribution in [0, 0.1) is 0 Å². The second-order valence-corrected chi connectivity index (χ2v) is 16.5. The minimum absolute atomic E-state index is 0.623. The summed E-state index contributed by atoms with van der Waals surface area (Å²) in [7, 11) is 0. The molecule has 12 rings (SSSR count). The second-order valence-electron chi connectivity index (χ2n) is 15.5. The van der Waals surface area contributed by atoms with E-state index in [1.54, 1.807) is 0 Å². The van der Waals surface area contributed by atoms with E-state index in [0.29, 0.717) is 17.5 Å². The molecule has 0 amide bonds. The number of rotatable bonds is 6. The molecule has 0 fully saturated rings. The lowest BCUT2D eigenvalue weighted by Gasteiger charge is -2.15. The third-order valence-electron chi connectivity index (χ3n) is 12.0. The maximum atomic E-state index is 5.33. The van der Waals surface area contributed by atoms with E-state index in [-0.39, 0.29) is 0 Å². The molecule has 2 aromatic heterocycles. The first kappa shape index (κ1) is 35.2. The van der Waals surface area contributed by atoms with Gasteiger partial charge < -0.3 is 0 Å². The molecule has 0 radical (unpaired) electrons. The van der Waals surface area contributed by atoms with Crippen LogP contribution in [0.15, 0.2) is 212 Å². The number of nitrogens with zero attached hydrogens (tertiary/aromatic N) is 3. The summed E-state index contributed by atoms with van der Waals surface area (Å²) < 4.78 is 2.53. The zero-order chi connectivity index (χ0) is 40.3. The molecule has 0 bridgehead atoms. The fourth-order valence-electron chi connectivity index (χ4n) is 9.08. The van der Waals surface area contributed by atoms with Gasteiger partial charge in [-0.3, -0.25) is 0 Å². The van der Waals surface area contributed by atoms with Crippen molar-refractivity contribution in [3.63, 3.8) is 0 Å². The minimum Gasteiger partial charge on any atom is -0.208 e. The highest BCUT2D eigenvalue weighted by Gasteiger charge is 2.20. The largest absolute Gasteiger partial charge is 0.208 e. The number of hydrogen-bond acceptors (Lipinski definition) is 4. The highest BCUT2D eigenvalue weighted by Crippen LogP contribution is 2.44. The Labute approximate surface area is 356 Å². The van der Waals surface area contributed by atoms with E-state index >= 15 is 0 Å². The van der Waals surface area contributed by atoms with Gasteiger partial charge in [-0.25, -0.2) is 15.0 Å². The van der Waals surface area contributed by atoms with Crippen molar-refractivity contribution in [2.24, 2.45) is 0 Å². The third kappa shape index (κ3) is 5.99. The fraction of sp³-hybridized carbons (Fsp3) is 0. The van der Waals surface area contributed by atoms with Gasteiger partial charge >= 0.3 is 0 Å². The van der Waals surface area contributed by atoms with Crippen molar-refractivity contribution in [1.82, 2.24) is 15.0 Å². The van der Waals surface area contributed by atoms with Crippen molar-refractivity contribution >= 4 is 63.8 Å². The lowest BCUT2D eigenvalue weighted by molar-refractivity contribution is 1.07. The summed E-state index contributed by atoms with van der Waals surface area (Å²) in [6, 6.07) is 75.7. The molecule has 0 aliphatic heterocycles. The molecule has 284 valence electrons. The molecule has 0 aliphatic carbocycles. The van der Waals surface area contributed by atoms with Crippen LogP contribution in [0.3, 0.4) is 0 Å². The lowest BCUT2D eigenvalue weighted by atomic mass is 9.89. The fourth-order valence-corrected chi connectivity index (χ4v) is 10.3. The number of hydrogen-bond donors (Lipinski definition) is 0. The van der Waals surface area contributed by atoms with E-state index in [1.165, 1.54) is 63.6 Å². The Hall–Kier alpha value is -7.79. The van der Waals surface area contributed by atoms with Crippen molar-refractivity contribution < 1.29 is 0 Å². The molecule has 0 N–H and O–H groups in total. The number of aromatic nitrogens is 3. The molecular weight excluding hydrogens is 759 g/mol. The van der Waals surface area contributed by atoms with Crippen molar-refractivity contribution in [1.29, 1.82) is 0 Å². The molecule has 3 nitrogen and oxygen atoms in total. The van der Waals surface area contributed by atoms with Crippen LogP contribution in [-0.2, 0) is 0 Å². The molecule has 4 heteroatoms. The van der Waals surface area contributed by atoms with Crippen LogP contribution in [0.2, 0.25) is 0 Å². The van der Waals surface area contributed by atoms with E-state index in [2.05, 4.69) is 206 Å². The second kappa shape index (κ2) is 14.5. The van der Waals surface area contributed by atoms with E-state index < -0.39 is 0 Å². The Bertz CT molecular complexity index is 3650. The minimum atomic E-state index is 0.623. The van der Waals surface area contributed by atoms with Gasteiger partial charge in [-0.1, -0.05) is 200 Å². The van der Waals surface area contributed by atoms with Gasteiger partial charge in [0.05, 0.1) is 0 Å². The van der Waals surface area contributed by atoms with Crippen molar-refractivity contribution in [2.45, 2.75) is 0 Å². The first-order valence-corrected chi connectivity index (χ1v) is 21.4. The predicted octanol–water partition coefficient (Wildman–Crippen LogP) is 15.7. The third-order valence-corrected chi connectivity index (χ3v) is 13.2. The van der Waals surface area contributed by atoms with Gasteiger partial charge in [0.1, 0.15) is 0 Å². The van der Waals surface area contributed by atoms with Crippen LogP contribution in [-0.4, -0.2) is 15.0 Å². The number of benzene rings is 10. The molecule has 0 saturated heterocycles. The standard InChI is InChI=1S/C57H35N3S/c1-2-15-36(16-3-1)41-19-8-10-24-49(41)56-58-55(59-57(60-56)50-25-11-9-22-44(50)47-26-14-27-48-45-23-12-13-28-52(45)61-54(47)48)39-31-29-38(30-32-39)53-43-21-7-5-18-40(43)35-51-42-20-6-4-17-37(42)33-34-46(51)53/h1-35H. The van der Waals surface area contributed by atoms with Crippen LogP contribution in [0.5, 0.6) is 0 Å². The molecule has 0 atom stereocenters. The van der Waals surface area contributed by atoms with E-state index in [4.69, 9.17) is 15.0 Å².